The molecule has 0 unspecified atom stereocenters. The van der Waals surface area contributed by atoms with Crippen molar-refractivity contribution in [2.45, 2.75) is 13.0 Å². The molecule has 7 heteroatoms. The van der Waals surface area contributed by atoms with Gasteiger partial charge in [-0.05, 0) is 48.2 Å². The molecule has 1 amide bonds. The molecule has 0 spiro atoms. The molecule has 1 heterocycles. The number of halogens is 1. The maximum absolute atomic E-state index is 13.2. The van der Waals surface area contributed by atoms with Crippen LogP contribution in [0.5, 0.6) is 5.75 Å². The van der Waals surface area contributed by atoms with Gasteiger partial charge in [0.05, 0.1) is 6.04 Å². The maximum atomic E-state index is 13.2. The SMILES string of the molecule is Cc1ccc(O)c(C(=O)OCC(=O)N[C@H](c2ccc(F)cc2)c2cccs2)c1. The monoisotopic (exact) mass is 399 g/mol. The van der Waals surface area contributed by atoms with Gasteiger partial charge in [-0.2, -0.15) is 0 Å². The highest BCUT2D eigenvalue weighted by Crippen LogP contribution is 2.26. The number of aryl methyl sites for hydroxylation is 1. The number of carbonyl (C=O) groups excluding carboxylic acids is 2. The molecule has 2 aromatic carbocycles. The Labute approximate surface area is 165 Å². The van der Waals surface area contributed by atoms with Crippen molar-refractivity contribution in [3.05, 3.63) is 87.4 Å². The van der Waals surface area contributed by atoms with E-state index in [1.54, 1.807) is 25.1 Å². The van der Waals surface area contributed by atoms with E-state index in [-0.39, 0.29) is 17.1 Å². The molecule has 2 N–H and O–H groups in total. The Balaban J connectivity index is 1.68. The third kappa shape index (κ3) is 4.75. The minimum Gasteiger partial charge on any atom is -0.507 e. The molecule has 0 aliphatic carbocycles. The minimum absolute atomic E-state index is 0.00106. The first-order chi connectivity index (χ1) is 13.4. The predicted octanol–water partition coefficient (Wildman–Crippen LogP) is 3.96. The molecule has 144 valence electrons. The van der Waals surface area contributed by atoms with Crippen LogP contribution in [0.25, 0.3) is 0 Å². The summed E-state index contributed by atoms with van der Waals surface area (Å²) >= 11 is 1.45. The van der Waals surface area contributed by atoms with Gasteiger partial charge in [0.25, 0.3) is 5.91 Å². The van der Waals surface area contributed by atoms with Gasteiger partial charge >= 0.3 is 5.97 Å². The number of phenols is 1. The number of thiophene rings is 1. The molecule has 0 saturated carbocycles. The molecule has 1 aromatic heterocycles. The second-order valence-electron chi connectivity index (χ2n) is 6.16. The fourth-order valence-electron chi connectivity index (χ4n) is 2.65. The Bertz CT molecular complexity index is 971. The second kappa shape index (κ2) is 8.67. The van der Waals surface area contributed by atoms with Crippen molar-refractivity contribution in [2.75, 3.05) is 6.61 Å². The topological polar surface area (TPSA) is 75.6 Å². The third-order valence-corrected chi connectivity index (χ3v) is 4.98. The highest BCUT2D eigenvalue weighted by Gasteiger charge is 2.20. The van der Waals surface area contributed by atoms with Crippen molar-refractivity contribution in [3.63, 3.8) is 0 Å². The number of aromatic hydroxyl groups is 1. The molecule has 0 bridgehead atoms. The molecule has 28 heavy (non-hydrogen) atoms. The van der Waals surface area contributed by atoms with Crippen LogP contribution in [0.4, 0.5) is 4.39 Å². The van der Waals surface area contributed by atoms with Gasteiger partial charge in [-0.1, -0.05) is 29.8 Å². The Morgan fingerprint density at radius 3 is 2.61 bits per heavy atom. The van der Waals surface area contributed by atoms with E-state index in [2.05, 4.69) is 5.32 Å². The molecule has 0 aliphatic heterocycles. The van der Waals surface area contributed by atoms with Crippen molar-refractivity contribution >= 4 is 23.2 Å². The van der Waals surface area contributed by atoms with Gasteiger partial charge in [0.15, 0.2) is 6.61 Å². The first kappa shape index (κ1) is 19.6. The number of ether oxygens (including phenoxy) is 1. The van der Waals surface area contributed by atoms with Gasteiger partial charge in [0.2, 0.25) is 0 Å². The number of carbonyl (C=O) groups is 2. The second-order valence-corrected chi connectivity index (χ2v) is 7.14. The maximum Gasteiger partial charge on any atom is 0.342 e. The summed E-state index contributed by atoms with van der Waals surface area (Å²) < 4.78 is 18.3. The largest absolute Gasteiger partial charge is 0.507 e. The summed E-state index contributed by atoms with van der Waals surface area (Å²) in [5.74, 6) is -1.88. The summed E-state index contributed by atoms with van der Waals surface area (Å²) in [6, 6.07) is 13.6. The fourth-order valence-corrected chi connectivity index (χ4v) is 3.46. The van der Waals surface area contributed by atoms with Crippen molar-refractivity contribution in [1.29, 1.82) is 0 Å². The zero-order valence-electron chi connectivity index (χ0n) is 15.0. The van der Waals surface area contributed by atoms with Crippen LogP contribution < -0.4 is 5.32 Å². The molecule has 0 saturated heterocycles. The van der Waals surface area contributed by atoms with Crippen LogP contribution in [0.2, 0.25) is 0 Å². The zero-order chi connectivity index (χ0) is 20.1. The lowest BCUT2D eigenvalue weighted by atomic mass is 10.1. The smallest absolute Gasteiger partial charge is 0.342 e. The lowest BCUT2D eigenvalue weighted by Crippen LogP contribution is -2.32. The summed E-state index contributed by atoms with van der Waals surface area (Å²) in [4.78, 5) is 25.4. The van der Waals surface area contributed by atoms with Crippen LogP contribution in [0, 0.1) is 12.7 Å². The van der Waals surface area contributed by atoms with E-state index in [0.717, 1.165) is 10.4 Å². The fraction of sp³-hybridized carbons (Fsp3) is 0.143. The minimum atomic E-state index is -0.786. The van der Waals surface area contributed by atoms with Gasteiger partial charge in [0.1, 0.15) is 17.1 Å². The van der Waals surface area contributed by atoms with Crippen LogP contribution in [0.1, 0.15) is 32.4 Å². The Morgan fingerprint density at radius 2 is 1.93 bits per heavy atom. The average Bonchev–Trinajstić information content (AvgIpc) is 3.21. The number of rotatable bonds is 6. The summed E-state index contributed by atoms with van der Waals surface area (Å²) in [5.41, 5.74) is 1.49. The molecule has 3 rings (SSSR count). The molecule has 3 aromatic rings. The van der Waals surface area contributed by atoms with Crippen molar-refractivity contribution in [1.82, 2.24) is 5.32 Å². The van der Waals surface area contributed by atoms with E-state index < -0.39 is 24.5 Å². The first-order valence-corrected chi connectivity index (χ1v) is 9.37. The van der Waals surface area contributed by atoms with Crippen LogP contribution >= 0.6 is 11.3 Å². The van der Waals surface area contributed by atoms with Gasteiger partial charge < -0.3 is 15.2 Å². The molecular formula is C21H18FNO4S. The molecular weight excluding hydrogens is 381 g/mol. The molecule has 0 radical (unpaired) electrons. The van der Waals surface area contributed by atoms with Crippen LogP contribution in [-0.2, 0) is 9.53 Å². The first-order valence-electron chi connectivity index (χ1n) is 8.49. The van der Waals surface area contributed by atoms with Crippen LogP contribution in [0.15, 0.2) is 60.0 Å². The van der Waals surface area contributed by atoms with Crippen LogP contribution in [0.3, 0.4) is 0 Å². The number of hydrogen-bond acceptors (Lipinski definition) is 5. The Morgan fingerprint density at radius 1 is 1.18 bits per heavy atom. The van der Waals surface area contributed by atoms with E-state index in [0.29, 0.717) is 5.56 Å². The number of amides is 1. The van der Waals surface area contributed by atoms with Gasteiger partial charge in [-0.15, -0.1) is 11.3 Å². The molecule has 5 nitrogen and oxygen atoms in total. The quantitative estimate of drug-likeness (QED) is 0.615. The lowest BCUT2D eigenvalue weighted by molar-refractivity contribution is -0.124. The Kier molecular flexibility index (Phi) is 6.06. The van der Waals surface area contributed by atoms with Crippen molar-refractivity contribution in [3.8, 4) is 5.75 Å². The molecule has 0 aliphatic rings. The molecule has 0 fully saturated rings. The van der Waals surface area contributed by atoms with Crippen molar-refractivity contribution in [2.24, 2.45) is 0 Å². The van der Waals surface area contributed by atoms with E-state index in [4.69, 9.17) is 4.74 Å². The number of hydrogen-bond donors (Lipinski definition) is 2. The van der Waals surface area contributed by atoms with E-state index in [1.807, 2.05) is 17.5 Å². The number of benzene rings is 2. The van der Waals surface area contributed by atoms with Crippen LogP contribution in [-0.4, -0.2) is 23.6 Å². The van der Waals surface area contributed by atoms with Gasteiger partial charge in [0, 0.05) is 4.88 Å². The average molecular weight is 399 g/mol. The number of phenolic OH excluding ortho intramolecular Hbond substituents is 1. The Hall–Kier alpha value is -3.19. The summed E-state index contributed by atoms with van der Waals surface area (Å²) in [7, 11) is 0. The van der Waals surface area contributed by atoms with E-state index >= 15 is 0 Å². The number of nitrogens with one attached hydrogen (secondary N) is 1. The normalized spacial score (nSPS) is 11.6. The predicted molar refractivity (Wildman–Crippen MR) is 104 cm³/mol. The summed E-state index contributed by atoms with van der Waals surface area (Å²) in [5, 5.41) is 14.5. The van der Waals surface area contributed by atoms with E-state index in [9.17, 15) is 19.1 Å². The van der Waals surface area contributed by atoms with Gasteiger partial charge in [-0.25, -0.2) is 9.18 Å². The summed E-state index contributed by atoms with van der Waals surface area (Å²) in [6.07, 6.45) is 0. The lowest BCUT2D eigenvalue weighted by Gasteiger charge is -2.18. The van der Waals surface area contributed by atoms with E-state index in [1.165, 1.54) is 35.6 Å². The zero-order valence-corrected chi connectivity index (χ0v) is 15.8. The number of esters is 1. The third-order valence-electron chi connectivity index (χ3n) is 4.04. The molecule has 1 atom stereocenters. The van der Waals surface area contributed by atoms with Crippen molar-refractivity contribution < 1.29 is 23.8 Å². The highest BCUT2D eigenvalue weighted by atomic mass is 32.1. The van der Waals surface area contributed by atoms with Gasteiger partial charge in [-0.3, -0.25) is 4.79 Å². The standard InChI is InChI=1S/C21H18FNO4S/c1-13-4-9-17(24)16(11-13)21(26)27-12-19(25)23-20(18-3-2-10-28-18)14-5-7-15(22)8-6-14/h2-11,20,24H,12H2,1H3,(H,23,25)/t20-/m1/s1. The summed E-state index contributed by atoms with van der Waals surface area (Å²) in [6.45, 7) is 1.27. The highest BCUT2D eigenvalue weighted by molar-refractivity contribution is 7.10.